The average Bonchev–Trinajstić information content (AvgIpc) is 2.69. The number of pyridine rings is 1. The first-order chi connectivity index (χ1) is 14.2. The third kappa shape index (κ3) is 4.78. The number of nitrogens with one attached hydrogen (secondary N) is 1. The lowest BCUT2D eigenvalue weighted by Gasteiger charge is -2.35. The van der Waals surface area contributed by atoms with Gasteiger partial charge in [-0.3, -0.25) is 15.1 Å². The van der Waals surface area contributed by atoms with Gasteiger partial charge in [-0.15, -0.1) is 0 Å². The number of aromatic nitrogens is 1. The van der Waals surface area contributed by atoms with Crippen LogP contribution in [-0.4, -0.2) is 36.2 Å². The minimum absolute atomic E-state index is 0.101. The predicted octanol–water partition coefficient (Wildman–Crippen LogP) is 3.82. The highest BCUT2D eigenvalue weighted by Gasteiger charge is 2.33. The molecule has 1 aliphatic rings. The van der Waals surface area contributed by atoms with Crippen LogP contribution in [0, 0.1) is 11.3 Å². The van der Waals surface area contributed by atoms with Gasteiger partial charge in [0.1, 0.15) is 0 Å². The van der Waals surface area contributed by atoms with Crippen molar-refractivity contribution in [3.05, 3.63) is 41.1 Å². The third-order valence-electron chi connectivity index (χ3n) is 5.54. The molecule has 0 aliphatic heterocycles. The van der Waals surface area contributed by atoms with Gasteiger partial charge in [0.2, 0.25) is 0 Å². The molecule has 1 aromatic carbocycles. The molecule has 0 fully saturated rings. The number of alkyl carbamates (subject to hydrolysis) is 1. The van der Waals surface area contributed by atoms with Crippen molar-refractivity contribution in [2.75, 3.05) is 13.2 Å². The Labute approximate surface area is 176 Å². The Hall–Kier alpha value is -2.96. The number of esters is 1. The summed E-state index contributed by atoms with van der Waals surface area (Å²) < 4.78 is 9.94. The van der Waals surface area contributed by atoms with Crippen molar-refractivity contribution in [3.8, 4) is 0 Å². The predicted molar refractivity (Wildman–Crippen MR) is 112 cm³/mol. The normalized spacial score (nSPS) is 15.9. The summed E-state index contributed by atoms with van der Waals surface area (Å²) in [5, 5.41) is 2.73. The van der Waals surface area contributed by atoms with Crippen molar-refractivity contribution in [2.24, 2.45) is 11.3 Å². The van der Waals surface area contributed by atoms with E-state index in [1.807, 2.05) is 29.6 Å². The van der Waals surface area contributed by atoms with E-state index in [-0.39, 0.29) is 12.0 Å². The van der Waals surface area contributed by atoms with Crippen LogP contribution >= 0.6 is 0 Å². The summed E-state index contributed by atoms with van der Waals surface area (Å²) in [6.45, 7) is 7.82. The van der Waals surface area contributed by atoms with Gasteiger partial charge >= 0.3 is 12.1 Å². The van der Waals surface area contributed by atoms with E-state index in [9.17, 15) is 14.4 Å². The van der Waals surface area contributed by atoms with Crippen LogP contribution in [-0.2, 0) is 27.1 Å². The molecule has 1 heterocycles. The molecule has 2 amide bonds. The Kier molecular flexibility index (Phi) is 6.39. The summed E-state index contributed by atoms with van der Waals surface area (Å²) in [5.74, 6) is -0.911. The Bertz CT molecular complexity index is 977. The standard InChI is InChI=1S/C23H28N2O5/c1-5-29-22(28)25-19(26)13-30-21(27)20-15-8-6-7-9-17(15)24-18-11-10-14(12-16(18)20)23(2,3)4/h6-9,14H,5,10-13H2,1-4H3,(H,25,26,28)/t14-/m1/s1. The molecule has 1 aliphatic carbocycles. The van der Waals surface area contributed by atoms with Crippen molar-refractivity contribution in [1.29, 1.82) is 0 Å². The molecule has 0 bridgehead atoms. The molecule has 7 nitrogen and oxygen atoms in total. The lowest BCUT2D eigenvalue weighted by atomic mass is 9.70. The number of ether oxygens (including phenoxy) is 2. The molecule has 2 aromatic rings. The summed E-state index contributed by atoms with van der Waals surface area (Å²) in [5.41, 5.74) is 3.11. The number of aryl methyl sites for hydroxylation is 1. The van der Waals surface area contributed by atoms with Gasteiger partial charge in [-0.05, 0) is 49.1 Å². The van der Waals surface area contributed by atoms with Gasteiger partial charge in [0.05, 0.1) is 17.7 Å². The van der Waals surface area contributed by atoms with Crippen molar-refractivity contribution >= 4 is 28.9 Å². The van der Waals surface area contributed by atoms with E-state index in [2.05, 4.69) is 25.5 Å². The van der Waals surface area contributed by atoms with Crippen LogP contribution in [0.25, 0.3) is 10.9 Å². The van der Waals surface area contributed by atoms with E-state index in [0.717, 1.165) is 36.0 Å². The maximum absolute atomic E-state index is 13.1. The van der Waals surface area contributed by atoms with E-state index >= 15 is 0 Å². The Morgan fingerprint density at radius 1 is 1.17 bits per heavy atom. The lowest BCUT2D eigenvalue weighted by Crippen LogP contribution is -2.35. The molecule has 1 N–H and O–H groups in total. The molecule has 160 valence electrons. The summed E-state index contributed by atoms with van der Waals surface area (Å²) in [6.07, 6.45) is 1.68. The number of nitrogens with zero attached hydrogens (tertiary/aromatic N) is 1. The maximum atomic E-state index is 13.1. The number of hydrogen-bond acceptors (Lipinski definition) is 6. The van der Waals surface area contributed by atoms with Crippen LogP contribution < -0.4 is 5.32 Å². The van der Waals surface area contributed by atoms with E-state index in [0.29, 0.717) is 16.9 Å². The lowest BCUT2D eigenvalue weighted by molar-refractivity contribution is -0.123. The van der Waals surface area contributed by atoms with Crippen LogP contribution in [0.1, 0.15) is 55.7 Å². The number of fused-ring (bicyclic) bond motifs is 2. The number of carbonyl (C=O) groups is 3. The van der Waals surface area contributed by atoms with Crippen LogP contribution in [0.2, 0.25) is 0 Å². The van der Waals surface area contributed by atoms with Crippen molar-refractivity contribution in [1.82, 2.24) is 10.3 Å². The largest absolute Gasteiger partial charge is 0.452 e. The average molecular weight is 412 g/mol. The first-order valence-electron chi connectivity index (χ1n) is 10.2. The fourth-order valence-electron chi connectivity index (χ4n) is 3.88. The molecule has 1 atom stereocenters. The van der Waals surface area contributed by atoms with E-state index in [1.165, 1.54) is 0 Å². The minimum atomic E-state index is -0.863. The summed E-state index contributed by atoms with van der Waals surface area (Å²) >= 11 is 0. The van der Waals surface area contributed by atoms with E-state index in [4.69, 9.17) is 9.72 Å². The molecule has 1 aromatic heterocycles. The number of benzene rings is 1. The second-order valence-electron chi connectivity index (χ2n) is 8.58. The van der Waals surface area contributed by atoms with Crippen molar-refractivity contribution in [2.45, 2.75) is 47.0 Å². The Morgan fingerprint density at radius 2 is 1.90 bits per heavy atom. The number of amides is 2. The molecule has 30 heavy (non-hydrogen) atoms. The van der Waals surface area contributed by atoms with Gasteiger partial charge in [-0.1, -0.05) is 39.0 Å². The number of para-hydroxylation sites is 1. The van der Waals surface area contributed by atoms with Gasteiger partial charge < -0.3 is 9.47 Å². The van der Waals surface area contributed by atoms with Gasteiger partial charge in [-0.2, -0.15) is 0 Å². The maximum Gasteiger partial charge on any atom is 0.413 e. The van der Waals surface area contributed by atoms with E-state index in [1.54, 1.807) is 6.92 Å². The van der Waals surface area contributed by atoms with Gasteiger partial charge in [-0.25, -0.2) is 9.59 Å². The van der Waals surface area contributed by atoms with Crippen molar-refractivity contribution < 1.29 is 23.9 Å². The minimum Gasteiger partial charge on any atom is -0.452 e. The first kappa shape index (κ1) is 21.7. The second kappa shape index (κ2) is 8.81. The quantitative estimate of drug-likeness (QED) is 0.767. The Morgan fingerprint density at radius 3 is 2.60 bits per heavy atom. The molecule has 0 saturated heterocycles. The summed E-state index contributed by atoms with van der Waals surface area (Å²) in [7, 11) is 0. The monoisotopic (exact) mass is 412 g/mol. The number of rotatable bonds is 4. The first-order valence-corrected chi connectivity index (χ1v) is 10.2. The number of hydrogen-bond donors (Lipinski definition) is 1. The van der Waals surface area contributed by atoms with Crippen LogP contribution in [0.15, 0.2) is 24.3 Å². The van der Waals surface area contributed by atoms with Gasteiger partial charge in [0.25, 0.3) is 5.91 Å². The molecule has 3 rings (SSSR count). The second-order valence-corrected chi connectivity index (χ2v) is 8.58. The summed E-state index contributed by atoms with van der Waals surface area (Å²) in [6, 6.07) is 7.45. The zero-order valence-electron chi connectivity index (χ0n) is 17.9. The Balaban J connectivity index is 1.89. The molecular weight excluding hydrogens is 384 g/mol. The number of carbonyl (C=O) groups excluding carboxylic acids is 3. The molecule has 0 saturated carbocycles. The van der Waals surface area contributed by atoms with Gasteiger partial charge in [0.15, 0.2) is 6.61 Å². The van der Waals surface area contributed by atoms with E-state index < -0.39 is 24.6 Å². The molecule has 0 unspecified atom stereocenters. The molecule has 0 spiro atoms. The number of imide groups is 1. The highest BCUT2D eigenvalue weighted by Crippen LogP contribution is 2.39. The highest BCUT2D eigenvalue weighted by molar-refractivity contribution is 6.06. The van der Waals surface area contributed by atoms with Gasteiger partial charge in [0, 0.05) is 11.1 Å². The van der Waals surface area contributed by atoms with Crippen LogP contribution in [0.3, 0.4) is 0 Å². The van der Waals surface area contributed by atoms with Crippen molar-refractivity contribution in [3.63, 3.8) is 0 Å². The molecular formula is C23H28N2O5. The van der Waals surface area contributed by atoms with Crippen LogP contribution in [0.5, 0.6) is 0 Å². The smallest absolute Gasteiger partial charge is 0.413 e. The molecule has 0 radical (unpaired) electrons. The fraction of sp³-hybridized carbons (Fsp3) is 0.478. The van der Waals surface area contributed by atoms with Crippen LogP contribution in [0.4, 0.5) is 4.79 Å². The topological polar surface area (TPSA) is 94.6 Å². The SMILES string of the molecule is CCOC(=O)NC(=O)COC(=O)c1c2c(nc3ccccc13)CC[C@@H](C(C)(C)C)C2. The summed E-state index contributed by atoms with van der Waals surface area (Å²) in [4.78, 5) is 41.1. The third-order valence-corrected chi connectivity index (χ3v) is 5.54. The highest BCUT2D eigenvalue weighted by atomic mass is 16.6. The molecule has 7 heteroatoms. The zero-order valence-corrected chi connectivity index (χ0v) is 17.9. The fourth-order valence-corrected chi connectivity index (χ4v) is 3.88. The zero-order chi connectivity index (χ0) is 21.9.